The van der Waals surface area contributed by atoms with Gasteiger partial charge in [0.2, 0.25) is 0 Å². The van der Waals surface area contributed by atoms with E-state index in [0.717, 1.165) is 0 Å². The first-order valence-corrected chi connectivity index (χ1v) is 13.5. The maximum atomic E-state index is 13.7. The van der Waals surface area contributed by atoms with Crippen molar-refractivity contribution in [3.8, 4) is 5.75 Å². The predicted octanol–water partition coefficient (Wildman–Crippen LogP) is 4.46. The number of nitrogens with zero attached hydrogens (tertiary/aromatic N) is 3. The maximum Gasteiger partial charge on any atom is 0.323 e. The summed E-state index contributed by atoms with van der Waals surface area (Å²) in [5.41, 5.74) is 1.95. The van der Waals surface area contributed by atoms with Gasteiger partial charge in [0.05, 0.1) is 24.8 Å². The van der Waals surface area contributed by atoms with E-state index in [1.807, 2.05) is 6.92 Å². The molecule has 1 aliphatic heterocycles. The van der Waals surface area contributed by atoms with Gasteiger partial charge in [-0.15, -0.1) is 0 Å². The Labute approximate surface area is 242 Å². The number of hydrogen-bond acceptors (Lipinski definition) is 7. The summed E-state index contributed by atoms with van der Waals surface area (Å²) in [7, 11) is 1.61. The molecule has 1 aliphatic rings. The standard InChI is InChI=1S/C29H35FN6O6/c1-16-13-36(17(2)15-37)27(38)23-12-22(31-28(39)33-26-18(3)34-42-19(26)4)10-11-24(23)41-25(16)14-35(5)29(40)32-21-8-6-20(30)7-9-21/h6-12,16-17,25,37H,13-15H2,1-5H3,(H,32,40)(H2,31,33,39)/t16-,17-,25+/m1/s1. The van der Waals surface area contributed by atoms with Gasteiger partial charge < -0.3 is 40.1 Å². The van der Waals surface area contributed by atoms with Crippen molar-refractivity contribution in [2.75, 3.05) is 42.7 Å². The van der Waals surface area contributed by atoms with E-state index >= 15 is 0 Å². The molecule has 1 aromatic heterocycles. The van der Waals surface area contributed by atoms with Crippen molar-refractivity contribution >= 4 is 35.0 Å². The quantitative estimate of drug-likeness (QED) is 0.321. The molecular formula is C29H35FN6O6. The fraction of sp³-hybridized carbons (Fsp3) is 0.379. The molecule has 12 nitrogen and oxygen atoms in total. The summed E-state index contributed by atoms with van der Waals surface area (Å²) in [5.74, 6) is -0.275. The van der Waals surface area contributed by atoms with Crippen molar-refractivity contribution in [1.29, 1.82) is 0 Å². The van der Waals surface area contributed by atoms with Crippen LogP contribution in [0.5, 0.6) is 5.75 Å². The van der Waals surface area contributed by atoms with E-state index in [4.69, 9.17) is 9.26 Å². The predicted molar refractivity (Wildman–Crippen MR) is 154 cm³/mol. The molecule has 2 heterocycles. The number of urea groups is 2. The maximum absolute atomic E-state index is 13.7. The molecule has 2 aromatic carbocycles. The van der Waals surface area contributed by atoms with Crippen LogP contribution in [0.25, 0.3) is 0 Å². The van der Waals surface area contributed by atoms with Crippen molar-refractivity contribution in [3.63, 3.8) is 0 Å². The lowest BCUT2D eigenvalue weighted by atomic mass is 9.99. The third-order valence-electron chi connectivity index (χ3n) is 7.09. The van der Waals surface area contributed by atoms with Crippen LogP contribution in [0.3, 0.4) is 0 Å². The summed E-state index contributed by atoms with van der Waals surface area (Å²) >= 11 is 0. The normalized spacial score (nSPS) is 17.3. The van der Waals surface area contributed by atoms with E-state index in [-0.39, 0.29) is 42.8 Å². The number of halogens is 1. The number of hydrogen-bond donors (Lipinski definition) is 4. The lowest BCUT2D eigenvalue weighted by Crippen LogP contribution is -2.50. The van der Waals surface area contributed by atoms with E-state index in [2.05, 4.69) is 21.1 Å². The van der Waals surface area contributed by atoms with Gasteiger partial charge in [-0.25, -0.2) is 14.0 Å². The van der Waals surface area contributed by atoms with Crippen LogP contribution < -0.4 is 20.7 Å². The Morgan fingerprint density at radius 1 is 1.14 bits per heavy atom. The first-order valence-electron chi connectivity index (χ1n) is 13.5. The van der Waals surface area contributed by atoms with E-state index in [1.165, 1.54) is 35.2 Å². The smallest absolute Gasteiger partial charge is 0.323 e. The van der Waals surface area contributed by atoms with E-state index < -0.39 is 30.0 Å². The van der Waals surface area contributed by atoms with Crippen molar-refractivity contribution in [2.45, 2.75) is 39.8 Å². The lowest BCUT2D eigenvalue weighted by molar-refractivity contribution is 0.0371. The second kappa shape index (κ2) is 12.9. The van der Waals surface area contributed by atoms with Crippen molar-refractivity contribution < 1.29 is 33.1 Å². The van der Waals surface area contributed by atoms with Gasteiger partial charge in [0.15, 0.2) is 5.76 Å². The molecule has 0 aliphatic carbocycles. The summed E-state index contributed by atoms with van der Waals surface area (Å²) in [6, 6.07) is 8.68. The number of carbonyl (C=O) groups excluding carboxylic acids is 3. The molecule has 4 N–H and O–H groups in total. The number of benzene rings is 2. The summed E-state index contributed by atoms with van der Waals surface area (Å²) in [6.45, 7) is 7.19. The number of carbonyl (C=O) groups is 3. The number of aliphatic hydroxyl groups is 1. The minimum atomic E-state index is -0.551. The van der Waals surface area contributed by atoms with Crippen LogP contribution in [0.15, 0.2) is 47.0 Å². The molecule has 0 unspecified atom stereocenters. The summed E-state index contributed by atoms with van der Waals surface area (Å²) in [5, 5.41) is 21.8. The van der Waals surface area contributed by atoms with E-state index in [9.17, 15) is 23.9 Å². The zero-order valence-corrected chi connectivity index (χ0v) is 24.1. The van der Waals surface area contributed by atoms with Crippen LogP contribution in [0.4, 0.5) is 31.0 Å². The number of nitrogens with one attached hydrogen (secondary N) is 3. The molecule has 0 saturated carbocycles. The second-order valence-corrected chi connectivity index (χ2v) is 10.4. The largest absolute Gasteiger partial charge is 0.487 e. The van der Waals surface area contributed by atoms with Gasteiger partial charge in [-0.1, -0.05) is 12.1 Å². The number of aliphatic hydroxyl groups excluding tert-OH is 1. The highest BCUT2D eigenvalue weighted by Gasteiger charge is 2.34. The first-order chi connectivity index (χ1) is 20.0. The number of rotatable bonds is 7. The van der Waals surface area contributed by atoms with Crippen molar-refractivity contribution in [1.82, 2.24) is 15.0 Å². The molecule has 3 atom stereocenters. The molecule has 3 aromatic rings. The molecule has 13 heteroatoms. The van der Waals surface area contributed by atoms with E-state index in [1.54, 1.807) is 44.9 Å². The molecule has 224 valence electrons. The fourth-order valence-corrected chi connectivity index (χ4v) is 4.56. The Hall–Kier alpha value is -4.65. The van der Waals surface area contributed by atoms with Gasteiger partial charge >= 0.3 is 12.1 Å². The molecule has 0 spiro atoms. The summed E-state index contributed by atoms with van der Waals surface area (Å²) in [4.78, 5) is 42.2. The number of ether oxygens (including phenoxy) is 1. The number of amides is 5. The van der Waals surface area contributed by atoms with Crippen LogP contribution in [0.2, 0.25) is 0 Å². The lowest BCUT2D eigenvalue weighted by Gasteiger charge is -2.38. The monoisotopic (exact) mass is 582 g/mol. The molecule has 5 amide bonds. The Morgan fingerprint density at radius 3 is 2.48 bits per heavy atom. The van der Waals surface area contributed by atoms with Gasteiger partial charge in [0, 0.05) is 30.9 Å². The number of aryl methyl sites for hydroxylation is 2. The molecule has 0 saturated heterocycles. The number of anilines is 3. The third-order valence-corrected chi connectivity index (χ3v) is 7.09. The topological polar surface area (TPSA) is 149 Å². The van der Waals surface area contributed by atoms with Crippen LogP contribution in [0, 0.1) is 25.6 Å². The van der Waals surface area contributed by atoms with Gasteiger partial charge in [0.1, 0.15) is 29.1 Å². The minimum absolute atomic E-state index is 0.170. The average Bonchev–Trinajstić information content (AvgIpc) is 3.27. The number of aromatic nitrogens is 1. The molecule has 4 rings (SSSR count). The Morgan fingerprint density at radius 2 is 1.83 bits per heavy atom. The molecule has 0 bridgehead atoms. The highest BCUT2D eigenvalue weighted by atomic mass is 19.1. The summed E-state index contributed by atoms with van der Waals surface area (Å²) in [6.07, 6.45) is -0.532. The summed E-state index contributed by atoms with van der Waals surface area (Å²) < 4.78 is 24.6. The van der Waals surface area contributed by atoms with Crippen molar-refractivity contribution in [2.24, 2.45) is 5.92 Å². The molecule has 42 heavy (non-hydrogen) atoms. The third kappa shape index (κ3) is 6.97. The Bertz CT molecular complexity index is 1430. The average molecular weight is 583 g/mol. The molecule has 0 fully saturated rings. The van der Waals surface area contributed by atoms with Gasteiger partial charge in [-0.2, -0.15) is 0 Å². The first kappa shape index (κ1) is 30.3. The van der Waals surface area contributed by atoms with Crippen LogP contribution in [-0.4, -0.2) is 76.9 Å². The Kier molecular flexibility index (Phi) is 9.31. The number of likely N-dealkylation sites (N-methyl/N-ethyl adjacent to an activating group) is 1. The highest BCUT2D eigenvalue weighted by Crippen LogP contribution is 2.31. The number of fused-ring (bicyclic) bond motifs is 1. The van der Waals surface area contributed by atoms with Gasteiger partial charge in [-0.05, 0) is 63.2 Å². The van der Waals surface area contributed by atoms with Crippen LogP contribution >= 0.6 is 0 Å². The highest BCUT2D eigenvalue weighted by molar-refractivity contribution is 6.03. The minimum Gasteiger partial charge on any atom is -0.487 e. The fourth-order valence-electron chi connectivity index (χ4n) is 4.56. The zero-order valence-electron chi connectivity index (χ0n) is 24.1. The zero-order chi connectivity index (χ0) is 30.6. The molecular weight excluding hydrogens is 547 g/mol. The Balaban J connectivity index is 1.55. The van der Waals surface area contributed by atoms with Crippen LogP contribution in [-0.2, 0) is 0 Å². The van der Waals surface area contributed by atoms with Gasteiger partial charge in [0.25, 0.3) is 5.91 Å². The SMILES string of the molecule is Cc1noc(C)c1NC(=O)Nc1ccc2c(c1)C(=O)N([C@H](C)CO)C[C@@H](C)[C@H](CN(C)C(=O)Nc1ccc(F)cc1)O2. The van der Waals surface area contributed by atoms with E-state index in [0.29, 0.717) is 28.5 Å². The van der Waals surface area contributed by atoms with Crippen LogP contribution in [0.1, 0.15) is 35.7 Å². The van der Waals surface area contributed by atoms with Crippen molar-refractivity contribution in [3.05, 3.63) is 65.3 Å². The second-order valence-electron chi connectivity index (χ2n) is 10.4. The van der Waals surface area contributed by atoms with Gasteiger partial charge in [-0.3, -0.25) is 4.79 Å². The molecule has 0 radical (unpaired) electrons.